The van der Waals surface area contributed by atoms with E-state index in [9.17, 15) is 4.79 Å². The van der Waals surface area contributed by atoms with Crippen molar-refractivity contribution in [2.45, 2.75) is 6.92 Å². The van der Waals surface area contributed by atoms with Gasteiger partial charge >= 0.3 is 6.03 Å². The van der Waals surface area contributed by atoms with Crippen LogP contribution in [0.5, 0.6) is 0 Å². The second-order valence-corrected chi connectivity index (χ2v) is 4.28. The van der Waals surface area contributed by atoms with Gasteiger partial charge in [-0.05, 0) is 30.7 Å². The van der Waals surface area contributed by atoms with Crippen LogP contribution in [0.3, 0.4) is 0 Å². The van der Waals surface area contributed by atoms with Crippen molar-refractivity contribution >= 4 is 29.0 Å². The Morgan fingerprint density at radius 1 is 1.00 bits per heavy atom. The van der Waals surface area contributed by atoms with E-state index in [-0.39, 0.29) is 6.03 Å². The van der Waals surface area contributed by atoms with E-state index in [0.717, 1.165) is 11.3 Å². The molecule has 0 bridgehead atoms. The molecule has 18 heavy (non-hydrogen) atoms. The molecule has 0 aliphatic rings. The maximum absolute atomic E-state index is 11.8. The third kappa shape index (κ3) is 3.02. The molecule has 0 saturated heterocycles. The topological polar surface area (TPSA) is 41.1 Å². The third-order valence-corrected chi connectivity index (χ3v) is 2.81. The Morgan fingerprint density at radius 3 is 2.39 bits per heavy atom. The van der Waals surface area contributed by atoms with Gasteiger partial charge in [-0.2, -0.15) is 0 Å². The van der Waals surface area contributed by atoms with Gasteiger partial charge in [0.25, 0.3) is 0 Å². The molecule has 0 radical (unpaired) electrons. The highest BCUT2D eigenvalue weighted by Gasteiger charge is 2.07. The maximum atomic E-state index is 11.8. The number of benzene rings is 2. The van der Waals surface area contributed by atoms with E-state index in [4.69, 9.17) is 11.6 Å². The summed E-state index contributed by atoms with van der Waals surface area (Å²) >= 11 is 6.03. The van der Waals surface area contributed by atoms with Gasteiger partial charge < -0.3 is 10.6 Å². The van der Waals surface area contributed by atoms with Crippen LogP contribution in [0.1, 0.15) is 5.56 Å². The average Bonchev–Trinajstić information content (AvgIpc) is 2.35. The van der Waals surface area contributed by atoms with Gasteiger partial charge in [0.2, 0.25) is 0 Å². The van der Waals surface area contributed by atoms with E-state index in [0.29, 0.717) is 10.7 Å². The highest BCUT2D eigenvalue weighted by Crippen LogP contribution is 2.25. The third-order valence-electron chi connectivity index (χ3n) is 2.49. The summed E-state index contributed by atoms with van der Waals surface area (Å²) < 4.78 is 0. The second-order valence-electron chi connectivity index (χ2n) is 3.88. The summed E-state index contributed by atoms with van der Waals surface area (Å²) in [7, 11) is 0. The Hall–Kier alpha value is -2.00. The smallest absolute Gasteiger partial charge is 0.308 e. The molecule has 0 spiro atoms. The van der Waals surface area contributed by atoms with E-state index in [1.807, 2.05) is 49.4 Å². The first-order chi connectivity index (χ1) is 8.66. The highest BCUT2D eigenvalue weighted by atomic mass is 35.5. The van der Waals surface area contributed by atoms with Crippen LogP contribution in [0.2, 0.25) is 5.02 Å². The zero-order valence-electron chi connectivity index (χ0n) is 9.91. The number of anilines is 2. The number of hydrogen-bond donors (Lipinski definition) is 2. The van der Waals surface area contributed by atoms with Crippen molar-refractivity contribution in [3.05, 3.63) is 59.1 Å². The molecule has 0 saturated carbocycles. The largest absolute Gasteiger partial charge is 0.323 e. The minimum absolute atomic E-state index is 0.308. The monoisotopic (exact) mass is 260 g/mol. The van der Waals surface area contributed by atoms with Crippen LogP contribution < -0.4 is 10.6 Å². The Morgan fingerprint density at radius 2 is 1.72 bits per heavy atom. The minimum Gasteiger partial charge on any atom is -0.308 e. The van der Waals surface area contributed by atoms with E-state index in [1.54, 1.807) is 6.07 Å². The van der Waals surface area contributed by atoms with Gasteiger partial charge in [-0.1, -0.05) is 41.9 Å². The first-order valence-corrected chi connectivity index (χ1v) is 5.93. The van der Waals surface area contributed by atoms with Crippen molar-refractivity contribution in [1.29, 1.82) is 0 Å². The average molecular weight is 261 g/mol. The fourth-order valence-corrected chi connectivity index (χ4v) is 1.86. The quantitative estimate of drug-likeness (QED) is 0.831. The number of para-hydroxylation sites is 2. The molecule has 3 nitrogen and oxygen atoms in total. The van der Waals surface area contributed by atoms with Crippen molar-refractivity contribution in [2.75, 3.05) is 10.6 Å². The zero-order chi connectivity index (χ0) is 13.0. The Bertz CT molecular complexity index is 535. The van der Waals surface area contributed by atoms with Crippen LogP contribution in [0.25, 0.3) is 0 Å². The van der Waals surface area contributed by atoms with E-state index >= 15 is 0 Å². The Balaban J connectivity index is 2.08. The SMILES string of the molecule is Cc1cccc(Cl)c1NC(=O)Nc1ccccc1. The van der Waals surface area contributed by atoms with Gasteiger partial charge in [0, 0.05) is 5.69 Å². The Labute approximate surface area is 111 Å². The van der Waals surface area contributed by atoms with Gasteiger partial charge in [0.15, 0.2) is 0 Å². The number of amides is 2. The number of aryl methyl sites for hydroxylation is 1. The van der Waals surface area contributed by atoms with Crippen LogP contribution in [0, 0.1) is 6.92 Å². The first-order valence-electron chi connectivity index (χ1n) is 5.55. The Kier molecular flexibility index (Phi) is 3.85. The molecule has 0 atom stereocenters. The lowest BCUT2D eigenvalue weighted by molar-refractivity contribution is 0.262. The summed E-state index contributed by atoms with van der Waals surface area (Å²) in [5.41, 5.74) is 2.29. The molecule has 2 amide bonds. The summed E-state index contributed by atoms with van der Waals surface area (Å²) in [5, 5.41) is 6.01. The van der Waals surface area contributed by atoms with Crippen molar-refractivity contribution in [3.8, 4) is 0 Å². The summed E-state index contributed by atoms with van der Waals surface area (Å²) in [6.07, 6.45) is 0. The van der Waals surface area contributed by atoms with E-state index in [1.165, 1.54) is 0 Å². The summed E-state index contributed by atoms with van der Waals surface area (Å²) in [6.45, 7) is 1.89. The molecule has 2 aromatic rings. The lowest BCUT2D eigenvalue weighted by atomic mass is 10.2. The van der Waals surface area contributed by atoms with Crippen molar-refractivity contribution in [2.24, 2.45) is 0 Å². The number of carbonyl (C=O) groups is 1. The normalized spacial score (nSPS) is 9.89. The predicted molar refractivity (Wildman–Crippen MR) is 75.3 cm³/mol. The molecule has 2 N–H and O–H groups in total. The summed E-state index contributed by atoms with van der Waals surface area (Å²) in [4.78, 5) is 11.8. The van der Waals surface area contributed by atoms with Gasteiger partial charge in [0.1, 0.15) is 0 Å². The standard InChI is InChI=1S/C14H13ClN2O/c1-10-6-5-9-12(15)13(10)17-14(18)16-11-7-3-2-4-8-11/h2-9H,1H3,(H2,16,17,18). The number of rotatable bonds is 2. The number of nitrogens with one attached hydrogen (secondary N) is 2. The van der Waals surface area contributed by atoms with Crippen molar-refractivity contribution < 1.29 is 4.79 Å². The number of carbonyl (C=O) groups excluding carboxylic acids is 1. The predicted octanol–water partition coefficient (Wildman–Crippen LogP) is 4.29. The molecule has 2 rings (SSSR count). The molecule has 92 valence electrons. The lowest BCUT2D eigenvalue weighted by Crippen LogP contribution is -2.20. The fourth-order valence-electron chi connectivity index (χ4n) is 1.59. The molecule has 2 aromatic carbocycles. The van der Waals surface area contributed by atoms with Gasteiger partial charge in [-0.25, -0.2) is 4.79 Å². The van der Waals surface area contributed by atoms with Gasteiger partial charge in [-0.15, -0.1) is 0 Å². The number of urea groups is 1. The van der Waals surface area contributed by atoms with Crippen molar-refractivity contribution in [1.82, 2.24) is 0 Å². The maximum Gasteiger partial charge on any atom is 0.323 e. The molecular weight excluding hydrogens is 248 g/mol. The van der Waals surface area contributed by atoms with Gasteiger partial charge in [-0.3, -0.25) is 0 Å². The molecular formula is C14H13ClN2O. The molecule has 0 unspecified atom stereocenters. The molecule has 0 aliphatic carbocycles. The lowest BCUT2D eigenvalue weighted by Gasteiger charge is -2.11. The molecule has 0 aromatic heterocycles. The number of hydrogen-bond acceptors (Lipinski definition) is 1. The fraction of sp³-hybridized carbons (Fsp3) is 0.0714. The summed E-state index contributed by atoms with van der Waals surface area (Å²) in [6, 6.07) is 14.4. The van der Waals surface area contributed by atoms with Crippen LogP contribution in [-0.2, 0) is 0 Å². The van der Waals surface area contributed by atoms with Crippen molar-refractivity contribution in [3.63, 3.8) is 0 Å². The molecule has 0 aliphatic heterocycles. The first kappa shape index (κ1) is 12.5. The van der Waals surface area contributed by atoms with Crippen LogP contribution >= 0.6 is 11.6 Å². The molecule has 4 heteroatoms. The zero-order valence-corrected chi connectivity index (χ0v) is 10.7. The molecule has 0 heterocycles. The van der Waals surface area contributed by atoms with E-state index < -0.39 is 0 Å². The van der Waals surface area contributed by atoms with Gasteiger partial charge in [0.05, 0.1) is 10.7 Å². The second kappa shape index (κ2) is 5.56. The van der Waals surface area contributed by atoms with Crippen LogP contribution in [0.15, 0.2) is 48.5 Å². The van der Waals surface area contributed by atoms with Crippen LogP contribution in [-0.4, -0.2) is 6.03 Å². The minimum atomic E-state index is -0.308. The van der Waals surface area contributed by atoms with Crippen LogP contribution in [0.4, 0.5) is 16.2 Å². The summed E-state index contributed by atoms with van der Waals surface area (Å²) in [5.74, 6) is 0. The molecule has 0 fully saturated rings. The highest BCUT2D eigenvalue weighted by molar-refractivity contribution is 6.34. The number of halogens is 1. The van der Waals surface area contributed by atoms with E-state index in [2.05, 4.69) is 10.6 Å².